The Bertz CT molecular complexity index is 1100. The number of hydrogen-bond donors (Lipinski definition) is 1. The Morgan fingerprint density at radius 2 is 1.85 bits per heavy atom. The lowest BCUT2D eigenvalue weighted by Crippen LogP contribution is -2.13. The lowest BCUT2D eigenvalue weighted by Gasteiger charge is -2.09. The van der Waals surface area contributed by atoms with Gasteiger partial charge in [-0.05, 0) is 44.2 Å². The maximum atomic E-state index is 12.8. The Labute approximate surface area is 152 Å². The summed E-state index contributed by atoms with van der Waals surface area (Å²) in [5, 5.41) is 7.86. The van der Waals surface area contributed by atoms with Gasteiger partial charge in [0.25, 0.3) is 5.91 Å². The fourth-order valence-corrected chi connectivity index (χ4v) is 3.74. The van der Waals surface area contributed by atoms with Crippen LogP contribution < -0.4 is 5.32 Å². The Morgan fingerprint density at radius 3 is 2.46 bits per heavy atom. The van der Waals surface area contributed by atoms with Gasteiger partial charge in [0.2, 0.25) is 0 Å². The first-order valence-electron chi connectivity index (χ1n) is 8.18. The van der Waals surface area contributed by atoms with E-state index in [0.717, 1.165) is 11.4 Å². The second-order valence-corrected chi connectivity index (χ2v) is 8.38. The number of amides is 1. The molecule has 1 amide bonds. The first-order chi connectivity index (χ1) is 12.2. The summed E-state index contributed by atoms with van der Waals surface area (Å²) in [6, 6.07) is 7.89. The van der Waals surface area contributed by atoms with Crippen LogP contribution >= 0.6 is 0 Å². The minimum atomic E-state index is -3.26. The third-order valence-electron chi connectivity index (χ3n) is 4.19. The zero-order chi connectivity index (χ0) is 19.1. The molecule has 0 aliphatic rings. The van der Waals surface area contributed by atoms with Gasteiger partial charge in [0.15, 0.2) is 15.5 Å². The van der Waals surface area contributed by atoms with E-state index in [2.05, 4.69) is 15.4 Å². The van der Waals surface area contributed by atoms with Crippen molar-refractivity contribution >= 4 is 32.5 Å². The monoisotopic (exact) mass is 372 g/mol. The molecule has 136 valence electrons. The first-order valence-corrected chi connectivity index (χ1v) is 9.83. The average molecular weight is 372 g/mol. The highest BCUT2D eigenvalue weighted by Gasteiger charge is 2.18. The number of nitrogens with zero attached hydrogens (tertiary/aromatic N) is 3. The molecule has 26 heavy (non-hydrogen) atoms. The van der Waals surface area contributed by atoms with E-state index in [1.54, 1.807) is 36.9 Å². The Hall–Kier alpha value is -2.74. The van der Waals surface area contributed by atoms with E-state index in [4.69, 9.17) is 0 Å². The van der Waals surface area contributed by atoms with Crippen molar-refractivity contribution < 1.29 is 13.2 Å². The third kappa shape index (κ3) is 3.20. The maximum Gasteiger partial charge on any atom is 0.256 e. The summed E-state index contributed by atoms with van der Waals surface area (Å²) in [4.78, 5) is 17.5. The molecule has 3 aromatic rings. The molecule has 2 heterocycles. The summed E-state index contributed by atoms with van der Waals surface area (Å²) in [6.07, 6.45) is 0. The first kappa shape index (κ1) is 18.1. The maximum absolute atomic E-state index is 12.8. The number of fused-ring (bicyclic) bond motifs is 1. The van der Waals surface area contributed by atoms with Gasteiger partial charge in [-0.3, -0.25) is 9.48 Å². The summed E-state index contributed by atoms with van der Waals surface area (Å²) >= 11 is 0. The number of nitrogens with one attached hydrogen (secondary N) is 1. The molecule has 1 N–H and O–H groups in total. The predicted octanol–water partition coefficient (Wildman–Crippen LogP) is 2.63. The van der Waals surface area contributed by atoms with E-state index in [0.29, 0.717) is 22.3 Å². The SMILES string of the molecule is CCS(=O)(=O)c1ccc(NC(=O)c2cc(C)nc3c2c(C)nn3C)cc1. The topological polar surface area (TPSA) is 93.9 Å². The van der Waals surface area contributed by atoms with E-state index in [9.17, 15) is 13.2 Å². The van der Waals surface area contributed by atoms with Crippen LogP contribution in [0.3, 0.4) is 0 Å². The van der Waals surface area contributed by atoms with Gasteiger partial charge in [-0.2, -0.15) is 5.10 Å². The summed E-state index contributed by atoms with van der Waals surface area (Å²) in [5.74, 6) is -0.254. The van der Waals surface area contributed by atoms with Gasteiger partial charge in [-0.25, -0.2) is 13.4 Å². The molecule has 0 saturated heterocycles. The molecule has 1 aromatic carbocycles. The van der Waals surface area contributed by atoms with Crippen LogP contribution in [0.15, 0.2) is 35.2 Å². The van der Waals surface area contributed by atoms with Crippen LogP contribution in [0, 0.1) is 13.8 Å². The second-order valence-electron chi connectivity index (χ2n) is 6.10. The molecule has 8 heteroatoms. The van der Waals surface area contributed by atoms with Crippen molar-refractivity contribution in [1.82, 2.24) is 14.8 Å². The van der Waals surface area contributed by atoms with E-state index in [1.807, 2.05) is 13.8 Å². The largest absolute Gasteiger partial charge is 0.322 e. The summed E-state index contributed by atoms with van der Waals surface area (Å²) in [6.45, 7) is 5.25. The fraction of sp³-hybridized carbons (Fsp3) is 0.278. The van der Waals surface area contributed by atoms with Crippen LogP contribution in [0.2, 0.25) is 0 Å². The number of aryl methyl sites for hydroxylation is 3. The minimum absolute atomic E-state index is 0.0350. The summed E-state index contributed by atoms with van der Waals surface area (Å²) < 4.78 is 25.4. The lowest BCUT2D eigenvalue weighted by molar-refractivity contribution is 0.102. The fourth-order valence-electron chi connectivity index (χ4n) is 2.86. The number of carbonyl (C=O) groups is 1. The molecule has 0 aliphatic heterocycles. The van der Waals surface area contributed by atoms with E-state index in [1.165, 1.54) is 12.1 Å². The number of pyridine rings is 1. The van der Waals surface area contributed by atoms with Crippen molar-refractivity contribution in [3.8, 4) is 0 Å². The highest BCUT2D eigenvalue weighted by Crippen LogP contribution is 2.23. The third-order valence-corrected chi connectivity index (χ3v) is 5.94. The van der Waals surface area contributed by atoms with Crippen molar-refractivity contribution in [2.75, 3.05) is 11.1 Å². The molecule has 0 aliphatic carbocycles. The van der Waals surface area contributed by atoms with Crippen LogP contribution in [0.5, 0.6) is 0 Å². The van der Waals surface area contributed by atoms with E-state index < -0.39 is 9.84 Å². The Kier molecular flexibility index (Phi) is 4.53. The number of sulfone groups is 1. The molecule has 0 unspecified atom stereocenters. The number of aromatic nitrogens is 3. The summed E-state index contributed by atoms with van der Waals surface area (Å²) in [7, 11) is -1.48. The standard InChI is InChI=1S/C18H20N4O3S/c1-5-26(24,25)14-8-6-13(7-9-14)20-18(23)15-10-11(2)19-17-16(15)12(3)21-22(17)4/h6-10H,5H2,1-4H3,(H,20,23). The molecule has 0 bridgehead atoms. The molecular formula is C18H20N4O3S. The Balaban J connectivity index is 1.95. The molecule has 7 nitrogen and oxygen atoms in total. The van der Waals surface area contributed by atoms with Gasteiger partial charge < -0.3 is 5.32 Å². The van der Waals surface area contributed by atoms with Crippen LogP contribution in [0.25, 0.3) is 11.0 Å². The molecule has 0 radical (unpaired) electrons. The quantitative estimate of drug-likeness (QED) is 0.760. The molecule has 0 spiro atoms. The highest BCUT2D eigenvalue weighted by molar-refractivity contribution is 7.91. The van der Waals surface area contributed by atoms with Crippen LogP contribution in [0.4, 0.5) is 5.69 Å². The number of benzene rings is 1. The van der Waals surface area contributed by atoms with Crippen molar-refractivity contribution in [3.05, 3.63) is 47.3 Å². The molecular weight excluding hydrogens is 352 g/mol. The molecule has 0 fully saturated rings. The summed E-state index contributed by atoms with van der Waals surface area (Å²) in [5.41, 5.74) is 3.11. The molecule has 0 saturated carbocycles. The van der Waals surface area contributed by atoms with E-state index in [-0.39, 0.29) is 16.6 Å². The van der Waals surface area contributed by atoms with Gasteiger partial charge in [0.05, 0.1) is 27.3 Å². The van der Waals surface area contributed by atoms with Crippen molar-refractivity contribution in [2.45, 2.75) is 25.7 Å². The van der Waals surface area contributed by atoms with Gasteiger partial charge >= 0.3 is 0 Å². The van der Waals surface area contributed by atoms with Crippen LogP contribution in [-0.4, -0.2) is 34.8 Å². The molecule has 2 aromatic heterocycles. The Morgan fingerprint density at radius 1 is 1.19 bits per heavy atom. The number of rotatable bonds is 4. The van der Waals surface area contributed by atoms with Crippen molar-refractivity contribution in [1.29, 1.82) is 0 Å². The van der Waals surface area contributed by atoms with Crippen molar-refractivity contribution in [3.63, 3.8) is 0 Å². The van der Waals surface area contributed by atoms with Gasteiger partial charge in [-0.1, -0.05) is 6.92 Å². The minimum Gasteiger partial charge on any atom is -0.322 e. The number of hydrogen-bond acceptors (Lipinski definition) is 5. The number of anilines is 1. The zero-order valence-electron chi connectivity index (χ0n) is 15.1. The van der Waals surface area contributed by atoms with Crippen molar-refractivity contribution in [2.24, 2.45) is 7.05 Å². The van der Waals surface area contributed by atoms with Gasteiger partial charge in [-0.15, -0.1) is 0 Å². The normalized spacial score (nSPS) is 11.7. The molecule has 0 atom stereocenters. The zero-order valence-corrected chi connectivity index (χ0v) is 15.9. The number of carbonyl (C=O) groups excluding carboxylic acids is 1. The highest BCUT2D eigenvalue weighted by atomic mass is 32.2. The van der Waals surface area contributed by atoms with Crippen LogP contribution in [-0.2, 0) is 16.9 Å². The van der Waals surface area contributed by atoms with Crippen LogP contribution in [0.1, 0.15) is 28.7 Å². The lowest BCUT2D eigenvalue weighted by atomic mass is 10.1. The van der Waals surface area contributed by atoms with Gasteiger partial charge in [0, 0.05) is 18.4 Å². The average Bonchev–Trinajstić information content (AvgIpc) is 2.88. The predicted molar refractivity (Wildman–Crippen MR) is 100 cm³/mol. The van der Waals surface area contributed by atoms with E-state index >= 15 is 0 Å². The smallest absolute Gasteiger partial charge is 0.256 e. The molecule has 3 rings (SSSR count). The second kappa shape index (κ2) is 6.53. The van der Waals surface area contributed by atoms with Gasteiger partial charge in [0.1, 0.15) is 0 Å².